The molecule has 2 N–H and O–H groups in total. The van der Waals surface area contributed by atoms with Crippen LogP contribution in [0.5, 0.6) is 0 Å². The Morgan fingerprint density at radius 1 is 1.43 bits per heavy atom. The standard InChI is InChI=1S/C12H14FN/c1-2-3-4-9-12(14)10-7-5-6-8-11(10)13/h5-8,12H,4,9,14H2,1H3. The van der Waals surface area contributed by atoms with Crippen LogP contribution in [0.2, 0.25) is 0 Å². The highest BCUT2D eigenvalue weighted by Gasteiger charge is 2.09. The van der Waals surface area contributed by atoms with Crippen molar-refractivity contribution in [3.8, 4) is 11.8 Å². The van der Waals surface area contributed by atoms with Gasteiger partial charge in [-0.3, -0.25) is 0 Å². The van der Waals surface area contributed by atoms with Crippen LogP contribution in [-0.4, -0.2) is 0 Å². The molecule has 0 bridgehead atoms. The average molecular weight is 191 g/mol. The molecule has 1 aromatic rings. The molecule has 0 fully saturated rings. The second-order valence-electron chi connectivity index (χ2n) is 3.09. The Morgan fingerprint density at radius 2 is 2.14 bits per heavy atom. The first-order valence-corrected chi connectivity index (χ1v) is 4.65. The highest BCUT2D eigenvalue weighted by atomic mass is 19.1. The van der Waals surface area contributed by atoms with Gasteiger partial charge < -0.3 is 5.73 Å². The Kier molecular flexibility index (Phi) is 4.15. The van der Waals surface area contributed by atoms with E-state index in [0.717, 1.165) is 0 Å². The smallest absolute Gasteiger partial charge is 0.127 e. The predicted molar refractivity (Wildman–Crippen MR) is 56.0 cm³/mol. The van der Waals surface area contributed by atoms with E-state index in [-0.39, 0.29) is 11.9 Å². The Morgan fingerprint density at radius 3 is 2.79 bits per heavy atom. The van der Waals surface area contributed by atoms with E-state index in [0.29, 0.717) is 18.4 Å². The van der Waals surface area contributed by atoms with E-state index in [1.165, 1.54) is 6.07 Å². The number of halogens is 1. The predicted octanol–water partition coefficient (Wildman–Crippen LogP) is 2.63. The van der Waals surface area contributed by atoms with Crippen LogP contribution in [0.3, 0.4) is 0 Å². The van der Waals surface area contributed by atoms with Crippen molar-refractivity contribution in [1.29, 1.82) is 0 Å². The normalized spacial score (nSPS) is 11.6. The summed E-state index contributed by atoms with van der Waals surface area (Å²) in [6.45, 7) is 1.79. The van der Waals surface area contributed by atoms with E-state index in [4.69, 9.17) is 5.73 Å². The molecule has 0 heterocycles. The van der Waals surface area contributed by atoms with Crippen LogP contribution in [0, 0.1) is 17.7 Å². The summed E-state index contributed by atoms with van der Waals surface area (Å²) >= 11 is 0. The molecule has 1 atom stereocenters. The molecule has 0 aliphatic carbocycles. The van der Waals surface area contributed by atoms with Crippen molar-refractivity contribution in [2.45, 2.75) is 25.8 Å². The van der Waals surface area contributed by atoms with Gasteiger partial charge in [-0.2, -0.15) is 0 Å². The third kappa shape index (κ3) is 2.86. The first kappa shape index (κ1) is 10.7. The van der Waals surface area contributed by atoms with Gasteiger partial charge in [-0.05, 0) is 19.4 Å². The highest BCUT2D eigenvalue weighted by Crippen LogP contribution is 2.18. The zero-order valence-electron chi connectivity index (χ0n) is 8.26. The molecule has 1 aromatic carbocycles. The second kappa shape index (κ2) is 5.41. The fourth-order valence-corrected chi connectivity index (χ4v) is 1.28. The summed E-state index contributed by atoms with van der Waals surface area (Å²) in [5.74, 6) is 5.47. The lowest BCUT2D eigenvalue weighted by atomic mass is 10.0. The second-order valence-corrected chi connectivity index (χ2v) is 3.09. The van der Waals surface area contributed by atoms with Crippen LogP contribution < -0.4 is 5.73 Å². The maximum absolute atomic E-state index is 13.2. The lowest BCUT2D eigenvalue weighted by Crippen LogP contribution is -2.11. The van der Waals surface area contributed by atoms with Crippen LogP contribution in [-0.2, 0) is 0 Å². The van der Waals surface area contributed by atoms with E-state index < -0.39 is 0 Å². The molecule has 0 aromatic heterocycles. The molecule has 0 amide bonds. The van der Waals surface area contributed by atoms with Crippen molar-refractivity contribution in [1.82, 2.24) is 0 Å². The highest BCUT2D eigenvalue weighted by molar-refractivity contribution is 5.20. The summed E-state index contributed by atoms with van der Waals surface area (Å²) in [6.07, 6.45) is 1.41. The van der Waals surface area contributed by atoms with Crippen LogP contribution >= 0.6 is 0 Å². The molecular weight excluding hydrogens is 177 g/mol. The number of hydrogen-bond acceptors (Lipinski definition) is 1. The first-order chi connectivity index (χ1) is 6.75. The molecule has 1 nitrogen and oxygen atoms in total. The number of rotatable bonds is 3. The van der Waals surface area contributed by atoms with E-state index in [9.17, 15) is 4.39 Å². The number of benzene rings is 1. The molecular formula is C12H14FN. The Balaban J connectivity index is 2.63. The third-order valence-electron chi connectivity index (χ3n) is 2.06. The van der Waals surface area contributed by atoms with Gasteiger partial charge in [-0.25, -0.2) is 4.39 Å². The molecule has 0 aliphatic rings. The van der Waals surface area contributed by atoms with Crippen molar-refractivity contribution >= 4 is 0 Å². The lowest BCUT2D eigenvalue weighted by molar-refractivity contribution is 0.568. The van der Waals surface area contributed by atoms with Crippen molar-refractivity contribution in [2.75, 3.05) is 0 Å². The monoisotopic (exact) mass is 191 g/mol. The Labute approximate surface area is 84.1 Å². The molecule has 0 radical (unpaired) electrons. The van der Waals surface area contributed by atoms with Gasteiger partial charge in [0.25, 0.3) is 0 Å². The van der Waals surface area contributed by atoms with Crippen LogP contribution in [0.1, 0.15) is 31.4 Å². The fraction of sp³-hybridized carbons (Fsp3) is 0.333. The largest absolute Gasteiger partial charge is 0.324 e. The minimum atomic E-state index is -0.253. The molecule has 0 spiro atoms. The van der Waals surface area contributed by atoms with Crippen molar-refractivity contribution in [2.24, 2.45) is 5.73 Å². The summed E-state index contributed by atoms with van der Waals surface area (Å²) in [5.41, 5.74) is 6.40. The van der Waals surface area contributed by atoms with Crippen molar-refractivity contribution < 1.29 is 4.39 Å². The topological polar surface area (TPSA) is 26.0 Å². The van der Waals surface area contributed by atoms with E-state index in [1.54, 1.807) is 25.1 Å². The van der Waals surface area contributed by atoms with Crippen LogP contribution in [0.4, 0.5) is 4.39 Å². The van der Waals surface area contributed by atoms with Gasteiger partial charge in [-0.15, -0.1) is 11.8 Å². The maximum atomic E-state index is 13.2. The Hall–Kier alpha value is -1.33. The van der Waals surface area contributed by atoms with Crippen molar-refractivity contribution in [3.05, 3.63) is 35.6 Å². The van der Waals surface area contributed by atoms with Gasteiger partial charge in [0.2, 0.25) is 0 Å². The SMILES string of the molecule is CC#CCCC(N)c1ccccc1F. The third-order valence-corrected chi connectivity index (χ3v) is 2.06. The van der Waals surface area contributed by atoms with Crippen LogP contribution in [0.25, 0.3) is 0 Å². The first-order valence-electron chi connectivity index (χ1n) is 4.65. The summed E-state index contributed by atoms with van der Waals surface area (Å²) in [7, 11) is 0. The minimum Gasteiger partial charge on any atom is -0.324 e. The van der Waals surface area contributed by atoms with Gasteiger partial charge in [0.1, 0.15) is 5.82 Å². The molecule has 2 heteroatoms. The molecule has 0 aliphatic heterocycles. The Bertz CT molecular complexity index is 349. The van der Waals surface area contributed by atoms with Gasteiger partial charge in [0.05, 0.1) is 0 Å². The van der Waals surface area contributed by atoms with Gasteiger partial charge in [0.15, 0.2) is 0 Å². The number of hydrogen-bond donors (Lipinski definition) is 1. The molecule has 1 unspecified atom stereocenters. The maximum Gasteiger partial charge on any atom is 0.127 e. The van der Waals surface area contributed by atoms with Gasteiger partial charge >= 0.3 is 0 Å². The van der Waals surface area contributed by atoms with E-state index in [1.807, 2.05) is 0 Å². The molecule has 74 valence electrons. The van der Waals surface area contributed by atoms with E-state index in [2.05, 4.69) is 11.8 Å². The van der Waals surface area contributed by atoms with E-state index >= 15 is 0 Å². The fourth-order valence-electron chi connectivity index (χ4n) is 1.28. The average Bonchev–Trinajstić information content (AvgIpc) is 2.18. The summed E-state index contributed by atoms with van der Waals surface area (Å²) in [4.78, 5) is 0. The lowest BCUT2D eigenvalue weighted by Gasteiger charge is -2.10. The van der Waals surface area contributed by atoms with Crippen LogP contribution in [0.15, 0.2) is 24.3 Å². The molecule has 0 saturated heterocycles. The summed E-state index contributed by atoms with van der Waals surface area (Å²) in [6, 6.07) is 6.36. The minimum absolute atomic E-state index is 0.232. The molecule has 14 heavy (non-hydrogen) atoms. The summed E-state index contributed by atoms with van der Waals surface area (Å²) in [5, 5.41) is 0. The zero-order chi connectivity index (χ0) is 10.4. The quantitative estimate of drug-likeness (QED) is 0.730. The summed E-state index contributed by atoms with van der Waals surface area (Å²) < 4.78 is 13.2. The van der Waals surface area contributed by atoms with Crippen molar-refractivity contribution in [3.63, 3.8) is 0 Å². The number of nitrogens with two attached hydrogens (primary N) is 1. The molecule has 0 saturated carbocycles. The van der Waals surface area contributed by atoms with Gasteiger partial charge in [0, 0.05) is 18.0 Å². The zero-order valence-corrected chi connectivity index (χ0v) is 8.26. The molecule has 1 rings (SSSR count). The van der Waals surface area contributed by atoms with Gasteiger partial charge in [-0.1, -0.05) is 18.2 Å².